The van der Waals surface area contributed by atoms with Gasteiger partial charge >= 0.3 is 0 Å². The minimum Gasteiger partial charge on any atom is -0.311 e. The lowest BCUT2D eigenvalue weighted by atomic mass is 9.98. The molecule has 3 nitrogen and oxygen atoms in total. The molecule has 1 aliphatic heterocycles. The molecule has 3 heteroatoms. The Morgan fingerprint density at radius 3 is 2.59 bits per heavy atom. The van der Waals surface area contributed by atoms with E-state index in [2.05, 4.69) is 50.0 Å². The van der Waals surface area contributed by atoms with Gasteiger partial charge in [0, 0.05) is 25.2 Å². The summed E-state index contributed by atoms with van der Waals surface area (Å²) in [4.78, 5) is 4.98. The normalized spacial score (nSPS) is 27.0. The monoisotopic (exact) mass is 241 g/mol. The summed E-state index contributed by atoms with van der Waals surface area (Å²) in [5, 5.41) is 3.70. The van der Waals surface area contributed by atoms with E-state index in [0.717, 1.165) is 12.0 Å². The fourth-order valence-corrected chi connectivity index (χ4v) is 2.60. The Morgan fingerprint density at radius 1 is 1.35 bits per heavy atom. The zero-order chi connectivity index (χ0) is 12.8. The average Bonchev–Trinajstić information content (AvgIpc) is 2.28. The number of rotatable bonds is 6. The molecule has 0 radical (unpaired) electrons. The van der Waals surface area contributed by atoms with Crippen LogP contribution in [0.4, 0.5) is 0 Å². The van der Waals surface area contributed by atoms with Crippen molar-refractivity contribution in [1.82, 2.24) is 15.1 Å². The van der Waals surface area contributed by atoms with Crippen molar-refractivity contribution in [1.29, 1.82) is 0 Å². The van der Waals surface area contributed by atoms with E-state index in [9.17, 15) is 0 Å². The van der Waals surface area contributed by atoms with Gasteiger partial charge in [-0.25, -0.2) is 0 Å². The summed E-state index contributed by atoms with van der Waals surface area (Å²) in [6.07, 6.45) is 2.55. The Kier molecular flexibility index (Phi) is 6.45. The second-order valence-electron chi connectivity index (χ2n) is 5.97. The van der Waals surface area contributed by atoms with Crippen LogP contribution >= 0.6 is 0 Å². The summed E-state index contributed by atoms with van der Waals surface area (Å²) in [6.45, 7) is 11.8. The van der Waals surface area contributed by atoms with Crippen molar-refractivity contribution in [2.45, 2.75) is 45.7 Å². The summed E-state index contributed by atoms with van der Waals surface area (Å²) in [5.41, 5.74) is 0. The number of nitrogens with one attached hydrogen (secondary N) is 1. The fourth-order valence-electron chi connectivity index (χ4n) is 2.60. The van der Waals surface area contributed by atoms with Gasteiger partial charge in [-0.15, -0.1) is 0 Å². The molecule has 0 spiro atoms. The standard InChI is InChI=1S/C14H31N3/c1-6-13-10-15-14(12(2)3)11-17(13)9-7-8-16(4)5/h12-15H,6-11H2,1-5H3. The van der Waals surface area contributed by atoms with Crippen LogP contribution in [0.3, 0.4) is 0 Å². The predicted molar refractivity (Wildman–Crippen MR) is 75.5 cm³/mol. The molecule has 0 aromatic heterocycles. The Bertz CT molecular complexity index is 204. The lowest BCUT2D eigenvalue weighted by Crippen LogP contribution is -2.58. The van der Waals surface area contributed by atoms with Crippen LogP contribution < -0.4 is 5.32 Å². The van der Waals surface area contributed by atoms with Gasteiger partial charge in [0.2, 0.25) is 0 Å². The van der Waals surface area contributed by atoms with Gasteiger partial charge in [-0.05, 0) is 45.9 Å². The molecule has 1 saturated heterocycles. The van der Waals surface area contributed by atoms with Crippen LogP contribution in [0.15, 0.2) is 0 Å². The first-order chi connectivity index (χ1) is 8.04. The first kappa shape index (κ1) is 14.9. The first-order valence-corrected chi connectivity index (χ1v) is 7.16. The molecular formula is C14H31N3. The second-order valence-corrected chi connectivity index (χ2v) is 5.97. The van der Waals surface area contributed by atoms with E-state index in [0.29, 0.717) is 6.04 Å². The van der Waals surface area contributed by atoms with Gasteiger partial charge in [-0.1, -0.05) is 20.8 Å². The third kappa shape index (κ3) is 4.94. The van der Waals surface area contributed by atoms with Gasteiger partial charge in [0.25, 0.3) is 0 Å². The van der Waals surface area contributed by atoms with Crippen LogP contribution in [0.1, 0.15) is 33.6 Å². The van der Waals surface area contributed by atoms with Crippen LogP contribution in [0.5, 0.6) is 0 Å². The third-order valence-corrected chi connectivity index (χ3v) is 3.89. The van der Waals surface area contributed by atoms with Crippen molar-refractivity contribution in [3.63, 3.8) is 0 Å². The molecule has 0 aromatic carbocycles. The van der Waals surface area contributed by atoms with Crippen LogP contribution in [0, 0.1) is 5.92 Å². The highest BCUT2D eigenvalue weighted by Crippen LogP contribution is 2.15. The van der Waals surface area contributed by atoms with Gasteiger partial charge in [-0.3, -0.25) is 4.90 Å². The van der Waals surface area contributed by atoms with E-state index in [1.807, 2.05) is 0 Å². The maximum atomic E-state index is 3.70. The Labute approximate surface area is 108 Å². The molecule has 1 N–H and O–H groups in total. The van der Waals surface area contributed by atoms with Crippen molar-refractivity contribution < 1.29 is 0 Å². The minimum absolute atomic E-state index is 0.678. The molecule has 102 valence electrons. The molecule has 1 fully saturated rings. The second kappa shape index (κ2) is 7.34. The highest BCUT2D eigenvalue weighted by atomic mass is 15.2. The molecular weight excluding hydrogens is 210 g/mol. The Hall–Kier alpha value is -0.120. The quantitative estimate of drug-likeness (QED) is 0.763. The molecule has 1 aliphatic rings. The average molecular weight is 241 g/mol. The largest absolute Gasteiger partial charge is 0.311 e. The van der Waals surface area contributed by atoms with Crippen molar-refractivity contribution >= 4 is 0 Å². The third-order valence-electron chi connectivity index (χ3n) is 3.89. The number of hydrogen-bond acceptors (Lipinski definition) is 3. The van der Waals surface area contributed by atoms with Crippen LogP contribution in [0.25, 0.3) is 0 Å². The summed E-state index contributed by atoms with van der Waals surface area (Å²) < 4.78 is 0. The van der Waals surface area contributed by atoms with Crippen molar-refractivity contribution in [3.05, 3.63) is 0 Å². The highest BCUT2D eigenvalue weighted by Gasteiger charge is 2.27. The van der Waals surface area contributed by atoms with Crippen molar-refractivity contribution in [2.75, 3.05) is 40.3 Å². The molecule has 0 aliphatic carbocycles. The maximum Gasteiger partial charge on any atom is 0.0218 e. The summed E-state index contributed by atoms with van der Waals surface area (Å²) in [5.74, 6) is 0.740. The van der Waals surface area contributed by atoms with E-state index in [1.165, 1.54) is 39.0 Å². The van der Waals surface area contributed by atoms with Crippen molar-refractivity contribution in [3.8, 4) is 0 Å². The Morgan fingerprint density at radius 2 is 2.06 bits per heavy atom. The molecule has 0 amide bonds. The van der Waals surface area contributed by atoms with Crippen LogP contribution in [-0.2, 0) is 0 Å². The molecule has 1 heterocycles. The topological polar surface area (TPSA) is 18.5 Å². The lowest BCUT2D eigenvalue weighted by Gasteiger charge is -2.41. The van der Waals surface area contributed by atoms with E-state index in [1.54, 1.807) is 0 Å². The zero-order valence-electron chi connectivity index (χ0n) is 12.4. The number of piperazine rings is 1. The smallest absolute Gasteiger partial charge is 0.0218 e. The van der Waals surface area contributed by atoms with E-state index in [4.69, 9.17) is 0 Å². The van der Waals surface area contributed by atoms with Gasteiger partial charge in [-0.2, -0.15) is 0 Å². The molecule has 0 saturated carbocycles. The zero-order valence-corrected chi connectivity index (χ0v) is 12.4. The molecule has 0 aromatic rings. The Balaban J connectivity index is 2.40. The molecule has 2 atom stereocenters. The summed E-state index contributed by atoms with van der Waals surface area (Å²) in [6, 6.07) is 1.42. The van der Waals surface area contributed by atoms with Gasteiger partial charge < -0.3 is 10.2 Å². The summed E-state index contributed by atoms with van der Waals surface area (Å²) >= 11 is 0. The SMILES string of the molecule is CCC1CNC(C(C)C)CN1CCCN(C)C. The van der Waals surface area contributed by atoms with E-state index >= 15 is 0 Å². The number of hydrogen-bond donors (Lipinski definition) is 1. The van der Waals surface area contributed by atoms with Crippen molar-refractivity contribution in [2.24, 2.45) is 5.92 Å². The van der Waals surface area contributed by atoms with Gasteiger partial charge in [0.1, 0.15) is 0 Å². The van der Waals surface area contributed by atoms with E-state index < -0.39 is 0 Å². The minimum atomic E-state index is 0.678. The molecule has 17 heavy (non-hydrogen) atoms. The van der Waals surface area contributed by atoms with Crippen LogP contribution in [-0.4, -0.2) is 62.2 Å². The number of nitrogens with zero attached hydrogens (tertiary/aromatic N) is 2. The van der Waals surface area contributed by atoms with Gasteiger partial charge in [0.15, 0.2) is 0 Å². The fraction of sp³-hybridized carbons (Fsp3) is 1.00. The highest BCUT2D eigenvalue weighted by molar-refractivity contribution is 4.86. The lowest BCUT2D eigenvalue weighted by molar-refractivity contribution is 0.106. The maximum absolute atomic E-state index is 3.70. The van der Waals surface area contributed by atoms with E-state index in [-0.39, 0.29) is 0 Å². The first-order valence-electron chi connectivity index (χ1n) is 7.16. The summed E-state index contributed by atoms with van der Waals surface area (Å²) in [7, 11) is 4.32. The molecule has 1 rings (SSSR count). The van der Waals surface area contributed by atoms with Gasteiger partial charge in [0.05, 0.1) is 0 Å². The van der Waals surface area contributed by atoms with Crippen LogP contribution in [0.2, 0.25) is 0 Å². The molecule has 0 bridgehead atoms. The molecule has 2 unspecified atom stereocenters. The predicted octanol–water partition coefficient (Wildman–Crippen LogP) is 1.65.